The highest BCUT2D eigenvalue weighted by molar-refractivity contribution is 7.89. The molecule has 1 unspecified atom stereocenters. The van der Waals surface area contributed by atoms with E-state index in [4.69, 9.17) is 0 Å². The molecule has 0 bridgehead atoms. The van der Waals surface area contributed by atoms with E-state index in [-0.39, 0.29) is 35.0 Å². The highest BCUT2D eigenvalue weighted by Crippen LogP contribution is 2.28. The van der Waals surface area contributed by atoms with Gasteiger partial charge in [0.2, 0.25) is 21.8 Å². The van der Waals surface area contributed by atoms with Crippen molar-refractivity contribution >= 4 is 33.2 Å². The molecular formula is C27H37N3O4S. The van der Waals surface area contributed by atoms with Gasteiger partial charge < -0.3 is 10.2 Å². The van der Waals surface area contributed by atoms with Gasteiger partial charge >= 0.3 is 0 Å². The predicted octanol–water partition coefficient (Wildman–Crippen LogP) is 4.60. The molecule has 7 nitrogen and oxygen atoms in total. The Hall–Kier alpha value is -2.71. The zero-order chi connectivity index (χ0) is 25.9. The van der Waals surface area contributed by atoms with Crippen molar-refractivity contribution in [2.45, 2.75) is 52.9 Å². The van der Waals surface area contributed by atoms with E-state index >= 15 is 0 Å². The predicted molar refractivity (Wildman–Crippen MR) is 140 cm³/mol. The molecule has 2 amide bonds. The lowest BCUT2D eigenvalue weighted by atomic mass is 10.1. The van der Waals surface area contributed by atoms with Crippen LogP contribution in [0.4, 0.5) is 11.4 Å². The summed E-state index contributed by atoms with van der Waals surface area (Å²) in [5, 5.41) is 2.84. The molecule has 1 saturated heterocycles. The van der Waals surface area contributed by atoms with Gasteiger partial charge in [0.25, 0.3) is 0 Å². The third-order valence-corrected chi connectivity index (χ3v) is 8.04. The minimum atomic E-state index is -3.63. The molecule has 1 aliphatic rings. The second-order valence-electron chi connectivity index (χ2n) is 10.3. The van der Waals surface area contributed by atoms with E-state index in [0.29, 0.717) is 25.3 Å². The van der Waals surface area contributed by atoms with E-state index in [1.165, 1.54) is 16.4 Å². The number of amides is 2. The lowest BCUT2D eigenvalue weighted by Gasteiger charge is -2.25. The van der Waals surface area contributed by atoms with E-state index in [1.54, 1.807) is 17.0 Å². The van der Waals surface area contributed by atoms with Gasteiger partial charge in [-0.15, -0.1) is 0 Å². The van der Waals surface area contributed by atoms with Gasteiger partial charge in [0.05, 0.1) is 10.8 Å². The molecule has 0 radical (unpaired) electrons. The average Bonchev–Trinajstić information content (AvgIpc) is 3.17. The molecule has 35 heavy (non-hydrogen) atoms. The lowest BCUT2D eigenvalue weighted by Crippen LogP contribution is -2.37. The molecule has 2 aromatic carbocycles. The first-order valence-electron chi connectivity index (χ1n) is 12.2. The van der Waals surface area contributed by atoms with Gasteiger partial charge in [-0.3, -0.25) is 9.59 Å². The van der Waals surface area contributed by atoms with Crippen molar-refractivity contribution in [1.82, 2.24) is 4.31 Å². The Labute approximate surface area is 209 Å². The van der Waals surface area contributed by atoms with Crippen LogP contribution in [-0.2, 0) is 19.6 Å². The number of rotatable bonds is 9. The largest absolute Gasteiger partial charge is 0.326 e. The maximum absolute atomic E-state index is 13.2. The fourth-order valence-electron chi connectivity index (χ4n) is 4.22. The Morgan fingerprint density at radius 2 is 1.60 bits per heavy atom. The zero-order valence-corrected chi connectivity index (χ0v) is 22.4. The second-order valence-corrected chi connectivity index (χ2v) is 12.2. The summed E-state index contributed by atoms with van der Waals surface area (Å²) in [5.41, 5.74) is 3.55. The van der Waals surface area contributed by atoms with Crippen LogP contribution in [0.25, 0.3) is 0 Å². The SMILES string of the molecule is Cc1ccc(N2CC(C(=O)Nc3ccc(S(=O)(=O)N(CC(C)C)CC(C)C)cc3)CC2=O)cc1C. The number of aryl methyl sites for hydroxylation is 2. The Kier molecular flexibility index (Phi) is 8.38. The number of benzene rings is 2. The minimum Gasteiger partial charge on any atom is -0.326 e. The Morgan fingerprint density at radius 3 is 2.14 bits per heavy atom. The van der Waals surface area contributed by atoms with Gasteiger partial charge in [0.15, 0.2) is 0 Å². The van der Waals surface area contributed by atoms with Crippen molar-refractivity contribution in [2.75, 3.05) is 29.9 Å². The zero-order valence-electron chi connectivity index (χ0n) is 21.5. The third-order valence-electron chi connectivity index (χ3n) is 6.20. The molecule has 1 fully saturated rings. The monoisotopic (exact) mass is 499 g/mol. The normalized spacial score (nSPS) is 16.5. The van der Waals surface area contributed by atoms with Crippen molar-refractivity contribution < 1.29 is 18.0 Å². The molecule has 190 valence electrons. The third kappa shape index (κ3) is 6.49. The summed E-state index contributed by atoms with van der Waals surface area (Å²) in [5.74, 6) is -0.383. The summed E-state index contributed by atoms with van der Waals surface area (Å²) in [6, 6.07) is 12.1. The van der Waals surface area contributed by atoms with Crippen molar-refractivity contribution in [1.29, 1.82) is 0 Å². The fourth-order valence-corrected chi connectivity index (χ4v) is 5.98. The smallest absolute Gasteiger partial charge is 0.243 e. The van der Waals surface area contributed by atoms with Crippen LogP contribution in [-0.4, -0.2) is 44.2 Å². The van der Waals surface area contributed by atoms with Gasteiger partial charge in [-0.1, -0.05) is 33.8 Å². The maximum Gasteiger partial charge on any atom is 0.243 e. The average molecular weight is 500 g/mol. The minimum absolute atomic E-state index is 0.0785. The number of nitrogens with one attached hydrogen (secondary N) is 1. The molecule has 1 aliphatic heterocycles. The Morgan fingerprint density at radius 1 is 1.00 bits per heavy atom. The topological polar surface area (TPSA) is 86.8 Å². The summed E-state index contributed by atoms with van der Waals surface area (Å²) in [7, 11) is -3.63. The van der Waals surface area contributed by atoms with Gasteiger partial charge in [-0.25, -0.2) is 8.42 Å². The summed E-state index contributed by atoms with van der Waals surface area (Å²) >= 11 is 0. The Balaban J connectivity index is 1.68. The standard InChI is InChI=1S/C27H37N3O4S/c1-18(2)15-29(16-19(3)4)35(33,34)25-11-8-23(9-12-25)28-27(32)22-14-26(31)30(17-22)24-10-7-20(5)21(6)13-24/h7-13,18-19,22H,14-17H2,1-6H3,(H,28,32). The molecule has 1 heterocycles. The molecule has 0 aromatic heterocycles. The van der Waals surface area contributed by atoms with Crippen molar-refractivity contribution in [3.8, 4) is 0 Å². The number of anilines is 2. The number of hydrogen-bond acceptors (Lipinski definition) is 4. The second kappa shape index (κ2) is 10.9. The van der Waals surface area contributed by atoms with E-state index in [0.717, 1.165) is 16.8 Å². The van der Waals surface area contributed by atoms with Gasteiger partial charge in [-0.05, 0) is 73.2 Å². The molecule has 1 N–H and O–H groups in total. The molecule has 2 aromatic rings. The highest BCUT2D eigenvalue weighted by Gasteiger charge is 2.35. The molecule has 0 aliphatic carbocycles. The van der Waals surface area contributed by atoms with Crippen LogP contribution < -0.4 is 10.2 Å². The molecule has 8 heteroatoms. The van der Waals surface area contributed by atoms with E-state index in [1.807, 2.05) is 59.7 Å². The molecule has 1 atom stereocenters. The van der Waals surface area contributed by atoms with Crippen LogP contribution in [0.2, 0.25) is 0 Å². The Bertz CT molecular complexity index is 1160. The van der Waals surface area contributed by atoms with Gasteiger partial charge in [0.1, 0.15) is 0 Å². The van der Waals surface area contributed by atoms with E-state index in [2.05, 4.69) is 5.32 Å². The van der Waals surface area contributed by atoms with Crippen LogP contribution in [0, 0.1) is 31.6 Å². The van der Waals surface area contributed by atoms with Crippen LogP contribution in [0.3, 0.4) is 0 Å². The summed E-state index contributed by atoms with van der Waals surface area (Å²) in [6.07, 6.45) is 0.143. The van der Waals surface area contributed by atoms with Crippen molar-refractivity contribution in [3.05, 3.63) is 53.6 Å². The van der Waals surface area contributed by atoms with Crippen molar-refractivity contribution in [2.24, 2.45) is 17.8 Å². The van der Waals surface area contributed by atoms with Gasteiger partial charge in [-0.2, -0.15) is 4.31 Å². The number of nitrogens with zero attached hydrogens (tertiary/aromatic N) is 2. The molecule has 0 spiro atoms. The van der Waals surface area contributed by atoms with Crippen LogP contribution >= 0.6 is 0 Å². The first kappa shape index (κ1) is 26.9. The van der Waals surface area contributed by atoms with Crippen LogP contribution in [0.5, 0.6) is 0 Å². The molecule has 0 saturated carbocycles. The summed E-state index contributed by atoms with van der Waals surface area (Å²) in [6.45, 7) is 13.2. The summed E-state index contributed by atoms with van der Waals surface area (Å²) in [4.78, 5) is 27.3. The first-order chi connectivity index (χ1) is 16.4. The quantitative estimate of drug-likeness (QED) is 0.546. The number of carbonyl (C=O) groups is 2. The van der Waals surface area contributed by atoms with E-state index in [9.17, 15) is 18.0 Å². The maximum atomic E-state index is 13.2. The number of hydrogen-bond donors (Lipinski definition) is 1. The lowest BCUT2D eigenvalue weighted by molar-refractivity contribution is -0.122. The fraction of sp³-hybridized carbons (Fsp3) is 0.481. The summed E-state index contributed by atoms with van der Waals surface area (Å²) < 4.78 is 27.9. The van der Waals surface area contributed by atoms with Crippen LogP contribution in [0.1, 0.15) is 45.2 Å². The number of carbonyl (C=O) groups excluding carboxylic acids is 2. The van der Waals surface area contributed by atoms with Gasteiger partial charge in [0, 0.05) is 37.4 Å². The molecule has 3 rings (SSSR count). The highest BCUT2D eigenvalue weighted by atomic mass is 32.2. The molecular weight excluding hydrogens is 462 g/mol. The van der Waals surface area contributed by atoms with Crippen LogP contribution in [0.15, 0.2) is 47.4 Å². The first-order valence-corrected chi connectivity index (χ1v) is 13.6. The van der Waals surface area contributed by atoms with Crippen molar-refractivity contribution in [3.63, 3.8) is 0 Å². The van der Waals surface area contributed by atoms with E-state index < -0.39 is 15.9 Å². The number of sulfonamides is 1.